The van der Waals surface area contributed by atoms with Crippen LogP contribution in [0.3, 0.4) is 0 Å². The quantitative estimate of drug-likeness (QED) is 0.582. The molecule has 0 aromatic rings. The monoisotopic (exact) mass is 338 g/mol. The van der Waals surface area contributed by atoms with E-state index in [4.69, 9.17) is 0 Å². The predicted octanol–water partition coefficient (Wildman–Crippen LogP) is 2.25. The van der Waals surface area contributed by atoms with Crippen molar-refractivity contribution in [1.82, 2.24) is 0 Å². The van der Waals surface area contributed by atoms with Crippen LogP contribution in [0, 0.1) is 28.1 Å². The van der Waals surface area contributed by atoms with Gasteiger partial charge in [-0.25, -0.2) is 0 Å². The highest BCUT2D eigenvalue weighted by Gasteiger charge is 2.59. The van der Waals surface area contributed by atoms with Gasteiger partial charge in [-0.15, -0.1) is 0 Å². The van der Waals surface area contributed by atoms with Crippen molar-refractivity contribution in [3.05, 3.63) is 11.6 Å². The molecule has 4 N–H and O–H groups in total. The summed E-state index contributed by atoms with van der Waals surface area (Å²) in [5.41, 5.74) is 0.487. The molecule has 0 unspecified atom stereocenters. The second-order valence-corrected chi connectivity index (χ2v) is 9.63. The lowest BCUT2D eigenvalue weighted by Gasteiger charge is -2.62. The molecular weight excluding hydrogens is 304 g/mol. The van der Waals surface area contributed by atoms with Gasteiger partial charge in [0.15, 0.2) is 0 Å². The third-order valence-electron chi connectivity index (χ3n) is 7.95. The van der Waals surface area contributed by atoms with Crippen molar-refractivity contribution < 1.29 is 20.4 Å². The maximum absolute atomic E-state index is 10.9. The van der Waals surface area contributed by atoms with Gasteiger partial charge in [-0.1, -0.05) is 33.8 Å². The Kier molecular flexibility index (Phi) is 4.44. The third-order valence-corrected chi connectivity index (χ3v) is 7.95. The number of hydrogen-bond donors (Lipinski definition) is 4. The third kappa shape index (κ3) is 2.49. The summed E-state index contributed by atoms with van der Waals surface area (Å²) >= 11 is 0. The fourth-order valence-corrected chi connectivity index (χ4v) is 6.11. The summed E-state index contributed by atoms with van der Waals surface area (Å²) in [6, 6.07) is 0. The number of aliphatic hydroxyl groups excluding tert-OH is 4. The first kappa shape index (κ1) is 18.4. The summed E-state index contributed by atoms with van der Waals surface area (Å²) in [4.78, 5) is 0. The van der Waals surface area contributed by atoms with Gasteiger partial charge in [-0.05, 0) is 60.3 Å². The summed E-state index contributed by atoms with van der Waals surface area (Å²) in [5, 5.41) is 41.0. The molecule has 3 aliphatic rings. The van der Waals surface area contributed by atoms with Crippen LogP contribution in [0.4, 0.5) is 0 Å². The molecule has 0 saturated heterocycles. The van der Waals surface area contributed by atoms with Crippen molar-refractivity contribution >= 4 is 0 Å². The molecule has 0 amide bonds. The van der Waals surface area contributed by atoms with E-state index in [0.717, 1.165) is 31.3 Å². The van der Waals surface area contributed by atoms with Crippen molar-refractivity contribution in [3.8, 4) is 0 Å². The average Bonchev–Trinajstić information content (AvgIpc) is 2.53. The van der Waals surface area contributed by atoms with Gasteiger partial charge in [-0.3, -0.25) is 0 Å². The van der Waals surface area contributed by atoms with E-state index in [1.165, 1.54) is 0 Å². The van der Waals surface area contributed by atoms with E-state index in [1.54, 1.807) is 0 Å². The van der Waals surface area contributed by atoms with Crippen molar-refractivity contribution in [3.63, 3.8) is 0 Å². The van der Waals surface area contributed by atoms with E-state index < -0.39 is 17.6 Å². The zero-order chi connectivity index (χ0) is 17.9. The smallest absolute Gasteiger partial charge is 0.0858 e. The topological polar surface area (TPSA) is 80.9 Å². The standard InChI is InChI=1S/C20H34O4/c1-18(2)15-9-14(22)12-10-19(3,17(24)11-21)7-5-13(12)20(15,4)8-6-16(18)23/h10,13-17,21-24H,5-9,11H2,1-4H3/t13-,14+,15-,16-,17+,19+,20+/m1/s1. The lowest BCUT2D eigenvalue weighted by atomic mass is 9.44. The molecule has 138 valence electrons. The average molecular weight is 338 g/mol. The van der Waals surface area contributed by atoms with Crippen LogP contribution < -0.4 is 0 Å². The highest BCUT2D eigenvalue weighted by molar-refractivity contribution is 5.28. The number of fused-ring (bicyclic) bond motifs is 3. The van der Waals surface area contributed by atoms with E-state index in [-0.39, 0.29) is 29.5 Å². The van der Waals surface area contributed by atoms with Crippen LogP contribution in [-0.4, -0.2) is 45.3 Å². The first-order chi connectivity index (χ1) is 11.1. The molecule has 24 heavy (non-hydrogen) atoms. The minimum Gasteiger partial charge on any atom is -0.394 e. The van der Waals surface area contributed by atoms with E-state index >= 15 is 0 Å². The fraction of sp³-hybridized carbons (Fsp3) is 0.900. The molecule has 4 heteroatoms. The van der Waals surface area contributed by atoms with E-state index in [2.05, 4.69) is 26.8 Å². The van der Waals surface area contributed by atoms with Gasteiger partial charge in [-0.2, -0.15) is 0 Å². The highest BCUT2D eigenvalue weighted by Crippen LogP contribution is 2.63. The van der Waals surface area contributed by atoms with Gasteiger partial charge in [0.25, 0.3) is 0 Å². The molecule has 2 saturated carbocycles. The zero-order valence-electron chi connectivity index (χ0n) is 15.5. The summed E-state index contributed by atoms with van der Waals surface area (Å²) < 4.78 is 0. The van der Waals surface area contributed by atoms with Crippen LogP contribution in [0.5, 0.6) is 0 Å². The second-order valence-electron chi connectivity index (χ2n) is 9.63. The minimum absolute atomic E-state index is 0.0826. The maximum atomic E-state index is 10.9. The fourth-order valence-electron chi connectivity index (χ4n) is 6.11. The number of aliphatic hydroxyl groups is 4. The van der Waals surface area contributed by atoms with Crippen molar-refractivity contribution in [2.75, 3.05) is 6.61 Å². The van der Waals surface area contributed by atoms with Crippen LogP contribution in [-0.2, 0) is 0 Å². The molecule has 0 heterocycles. The molecule has 7 atom stereocenters. The van der Waals surface area contributed by atoms with Crippen molar-refractivity contribution in [2.24, 2.45) is 28.1 Å². The molecular formula is C20H34O4. The summed E-state index contributed by atoms with van der Waals surface area (Å²) in [6.45, 7) is 8.35. The first-order valence-corrected chi connectivity index (χ1v) is 9.44. The molecule has 0 bridgehead atoms. The van der Waals surface area contributed by atoms with Gasteiger partial charge in [0, 0.05) is 5.41 Å². The SMILES string of the molecule is CC1(C)[C@H](O)CC[C@@]2(C)[C@@H]3CC[C@](C)([C@@H](O)CO)C=C3[C@@H](O)C[C@H]12. The Morgan fingerprint density at radius 1 is 1.12 bits per heavy atom. The molecule has 0 radical (unpaired) electrons. The lowest BCUT2D eigenvalue weighted by molar-refractivity contribution is -0.145. The minimum atomic E-state index is -0.784. The molecule has 0 spiro atoms. The molecule has 3 rings (SSSR count). The first-order valence-electron chi connectivity index (χ1n) is 9.44. The summed E-state index contributed by atoms with van der Waals surface area (Å²) in [7, 11) is 0. The number of rotatable bonds is 2. The van der Waals surface area contributed by atoms with Gasteiger partial charge in [0.2, 0.25) is 0 Å². The van der Waals surface area contributed by atoms with Crippen molar-refractivity contribution in [1.29, 1.82) is 0 Å². The Morgan fingerprint density at radius 2 is 1.79 bits per heavy atom. The van der Waals surface area contributed by atoms with Crippen LogP contribution >= 0.6 is 0 Å². The van der Waals surface area contributed by atoms with E-state index in [9.17, 15) is 20.4 Å². The Labute approximate surface area is 145 Å². The Morgan fingerprint density at radius 3 is 2.42 bits per heavy atom. The normalized spacial score (nSPS) is 48.9. The summed E-state index contributed by atoms with van der Waals surface area (Å²) in [6.07, 6.45) is 4.68. The van der Waals surface area contributed by atoms with Gasteiger partial charge < -0.3 is 20.4 Å². The molecule has 0 aliphatic heterocycles. The van der Waals surface area contributed by atoms with Crippen LogP contribution in [0.25, 0.3) is 0 Å². The van der Waals surface area contributed by atoms with Crippen LogP contribution in [0.15, 0.2) is 11.6 Å². The largest absolute Gasteiger partial charge is 0.394 e. The second kappa shape index (κ2) is 5.80. The number of hydrogen-bond acceptors (Lipinski definition) is 4. The Bertz CT molecular complexity index is 528. The summed E-state index contributed by atoms with van der Waals surface area (Å²) in [5.74, 6) is 0.593. The Balaban J connectivity index is 2.00. The molecule has 0 aromatic heterocycles. The van der Waals surface area contributed by atoms with Crippen LogP contribution in [0.2, 0.25) is 0 Å². The highest BCUT2D eigenvalue weighted by atomic mass is 16.3. The maximum Gasteiger partial charge on any atom is 0.0858 e. The van der Waals surface area contributed by atoms with E-state index in [1.807, 2.05) is 6.92 Å². The van der Waals surface area contributed by atoms with E-state index in [0.29, 0.717) is 12.3 Å². The zero-order valence-corrected chi connectivity index (χ0v) is 15.5. The lowest BCUT2D eigenvalue weighted by Crippen LogP contribution is -2.58. The molecule has 4 nitrogen and oxygen atoms in total. The predicted molar refractivity (Wildman–Crippen MR) is 93.2 cm³/mol. The van der Waals surface area contributed by atoms with Gasteiger partial charge >= 0.3 is 0 Å². The van der Waals surface area contributed by atoms with Gasteiger partial charge in [0.1, 0.15) is 0 Å². The molecule has 0 aromatic carbocycles. The Hall–Kier alpha value is -0.420. The van der Waals surface area contributed by atoms with Crippen LogP contribution in [0.1, 0.15) is 59.8 Å². The molecule has 2 fully saturated rings. The molecule has 3 aliphatic carbocycles. The van der Waals surface area contributed by atoms with Gasteiger partial charge in [0.05, 0.1) is 24.9 Å². The van der Waals surface area contributed by atoms with Crippen molar-refractivity contribution in [2.45, 2.75) is 78.1 Å².